The summed E-state index contributed by atoms with van der Waals surface area (Å²) < 4.78 is 10.3. The molecule has 0 unspecified atom stereocenters. The first-order valence-electron chi connectivity index (χ1n) is 5.54. The van der Waals surface area contributed by atoms with Crippen molar-refractivity contribution in [3.8, 4) is 11.5 Å². The van der Waals surface area contributed by atoms with Crippen LogP contribution in [0.5, 0.6) is 11.5 Å². The van der Waals surface area contributed by atoms with Crippen LogP contribution in [-0.2, 0) is 4.79 Å². The molecule has 5 nitrogen and oxygen atoms in total. The molecule has 1 saturated heterocycles. The van der Waals surface area contributed by atoms with Crippen molar-refractivity contribution in [3.05, 3.63) is 29.3 Å². The molecule has 6 heteroatoms. The molecule has 0 aliphatic carbocycles. The highest BCUT2D eigenvalue weighted by Gasteiger charge is 2.20. The molecule has 1 aromatic carbocycles. The zero-order chi connectivity index (χ0) is 13.8. The topological polar surface area (TPSA) is 64.6 Å². The average molecular weight is 279 g/mol. The second-order valence-corrected chi connectivity index (χ2v) is 4.76. The predicted molar refractivity (Wildman–Crippen MR) is 73.5 cm³/mol. The van der Waals surface area contributed by atoms with Crippen LogP contribution in [0.1, 0.15) is 5.56 Å². The number of ether oxygens (including phenoxy) is 2. The van der Waals surface area contributed by atoms with Gasteiger partial charge in [-0.25, -0.2) is 0 Å². The lowest BCUT2D eigenvalue weighted by Crippen LogP contribution is -2.33. The van der Waals surface area contributed by atoms with Crippen molar-refractivity contribution >= 4 is 29.0 Å². The van der Waals surface area contributed by atoms with Crippen LogP contribution in [0.3, 0.4) is 0 Å². The summed E-state index contributed by atoms with van der Waals surface area (Å²) in [5.41, 5.74) is 1.37. The lowest BCUT2D eigenvalue weighted by atomic mass is 10.1. The Morgan fingerprint density at radius 2 is 1.95 bits per heavy atom. The average Bonchev–Trinajstić information content (AvgIpc) is 2.41. The summed E-state index contributed by atoms with van der Waals surface area (Å²) in [5.74, 6) is 1.25. The maximum atomic E-state index is 11.6. The molecule has 0 saturated carbocycles. The van der Waals surface area contributed by atoms with Crippen molar-refractivity contribution < 1.29 is 19.1 Å². The number of amides is 2. The fourth-order valence-electron chi connectivity index (χ4n) is 1.67. The first-order valence-corrected chi connectivity index (χ1v) is 6.53. The zero-order valence-electron chi connectivity index (χ0n) is 10.6. The second kappa shape index (κ2) is 5.79. The van der Waals surface area contributed by atoms with Gasteiger partial charge < -0.3 is 9.47 Å². The quantitative estimate of drug-likeness (QED) is 0.858. The fraction of sp³-hybridized carbons (Fsp3) is 0.231. The van der Waals surface area contributed by atoms with Gasteiger partial charge in [-0.3, -0.25) is 14.9 Å². The van der Waals surface area contributed by atoms with Crippen molar-refractivity contribution in [2.45, 2.75) is 0 Å². The number of carbonyl (C=O) groups is 2. The van der Waals surface area contributed by atoms with E-state index in [0.717, 1.165) is 17.3 Å². The van der Waals surface area contributed by atoms with Crippen molar-refractivity contribution in [3.63, 3.8) is 0 Å². The van der Waals surface area contributed by atoms with E-state index in [1.54, 1.807) is 32.4 Å². The molecule has 0 spiro atoms. The van der Waals surface area contributed by atoms with Gasteiger partial charge in [0.25, 0.3) is 11.1 Å². The van der Waals surface area contributed by atoms with Crippen LogP contribution in [0.15, 0.2) is 23.8 Å². The smallest absolute Gasteiger partial charge is 0.286 e. The maximum Gasteiger partial charge on any atom is 0.286 e. The standard InChI is InChI=1S/C13H13NO4S/c1-17-10-4-3-8(6-11(10)18-2)5-9-7-19-13(16)14-12(9)15/h3-6H,7H2,1-2H3,(H,14,15,16)/b9-5+. The minimum atomic E-state index is -0.349. The monoisotopic (exact) mass is 279 g/mol. The summed E-state index contributed by atoms with van der Waals surface area (Å²) in [6.07, 6.45) is 1.73. The third-order valence-electron chi connectivity index (χ3n) is 2.61. The van der Waals surface area contributed by atoms with E-state index in [1.165, 1.54) is 0 Å². The Labute approximate surface area is 115 Å². The van der Waals surface area contributed by atoms with E-state index in [4.69, 9.17) is 9.47 Å². The normalized spacial score (nSPS) is 17.3. The predicted octanol–water partition coefficient (Wildman–Crippen LogP) is 2.07. The molecule has 2 rings (SSSR count). The largest absolute Gasteiger partial charge is 0.493 e. The lowest BCUT2D eigenvalue weighted by Gasteiger charge is -2.13. The highest BCUT2D eigenvalue weighted by atomic mass is 32.2. The highest BCUT2D eigenvalue weighted by Crippen LogP contribution is 2.29. The summed E-state index contributed by atoms with van der Waals surface area (Å²) in [4.78, 5) is 22.6. The number of methoxy groups -OCH3 is 2. The van der Waals surface area contributed by atoms with E-state index < -0.39 is 0 Å². The zero-order valence-corrected chi connectivity index (χ0v) is 11.4. The van der Waals surface area contributed by atoms with Gasteiger partial charge in [0.1, 0.15) is 0 Å². The third-order valence-corrected chi connectivity index (χ3v) is 3.43. The first-order chi connectivity index (χ1) is 9.13. The Morgan fingerprint density at radius 1 is 1.21 bits per heavy atom. The highest BCUT2D eigenvalue weighted by molar-refractivity contribution is 8.13. The Hall–Kier alpha value is -1.95. The number of rotatable bonds is 3. The molecule has 1 heterocycles. The third kappa shape index (κ3) is 3.08. The number of nitrogens with one attached hydrogen (secondary N) is 1. The Morgan fingerprint density at radius 3 is 2.58 bits per heavy atom. The molecule has 0 aromatic heterocycles. The molecule has 100 valence electrons. The number of hydrogen-bond acceptors (Lipinski definition) is 5. The number of carbonyl (C=O) groups excluding carboxylic acids is 2. The molecule has 1 aromatic rings. The molecule has 0 radical (unpaired) electrons. The van der Waals surface area contributed by atoms with Crippen LogP contribution in [0, 0.1) is 0 Å². The van der Waals surface area contributed by atoms with Gasteiger partial charge in [0, 0.05) is 11.3 Å². The Bertz CT molecular complexity index is 554. The Balaban J connectivity index is 2.27. The van der Waals surface area contributed by atoms with Gasteiger partial charge in [-0.05, 0) is 23.8 Å². The minimum Gasteiger partial charge on any atom is -0.493 e. The van der Waals surface area contributed by atoms with Crippen LogP contribution in [0.25, 0.3) is 6.08 Å². The van der Waals surface area contributed by atoms with Crippen molar-refractivity contribution in [1.82, 2.24) is 5.32 Å². The molecular formula is C13H13NO4S. The van der Waals surface area contributed by atoms with E-state index in [0.29, 0.717) is 22.8 Å². The molecular weight excluding hydrogens is 266 g/mol. The van der Waals surface area contributed by atoms with E-state index in [1.807, 2.05) is 6.07 Å². The second-order valence-electron chi connectivity index (χ2n) is 3.81. The van der Waals surface area contributed by atoms with Gasteiger partial charge in [0.05, 0.1) is 14.2 Å². The van der Waals surface area contributed by atoms with Crippen LogP contribution in [0.2, 0.25) is 0 Å². The molecule has 19 heavy (non-hydrogen) atoms. The molecule has 0 atom stereocenters. The molecule has 0 bridgehead atoms. The van der Waals surface area contributed by atoms with Crippen molar-refractivity contribution in [2.75, 3.05) is 20.0 Å². The summed E-state index contributed by atoms with van der Waals surface area (Å²) >= 11 is 1.07. The van der Waals surface area contributed by atoms with Crippen LogP contribution < -0.4 is 14.8 Å². The SMILES string of the molecule is COc1ccc(/C=C2\CSC(=O)NC2=O)cc1OC. The lowest BCUT2D eigenvalue weighted by molar-refractivity contribution is -0.116. The van der Waals surface area contributed by atoms with Crippen molar-refractivity contribution in [1.29, 1.82) is 0 Å². The van der Waals surface area contributed by atoms with E-state index in [2.05, 4.69) is 5.32 Å². The minimum absolute atomic E-state index is 0.311. The number of thioether (sulfide) groups is 1. The van der Waals surface area contributed by atoms with Crippen LogP contribution in [-0.4, -0.2) is 31.1 Å². The summed E-state index contributed by atoms with van der Waals surface area (Å²) in [7, 11) is 3.11. The molecule has 1 aliphatic heterocycles. The van der Waals surface area contributed by atoms with Crippen LogP contribution in [0.4, 0.5) is 4.79 Å². The number of benzene rings is 1. The summed E-state index contributed by atoms with van der Waals surface area (Å²) in [6.45, 7) is 0. The van der Waals surface area contributed by atoms with Gasteiger partial charge >= 0.3 is 0 Å². The van der Waals surface area contributed by atoms with E-state index in [9.17, 15) is 9.59 Å². The van der Waals surface area contributed by atoms with Gasteiger partial charge in [-0.15, -0.1) is 0 Å². The van der Waals surface area contributed by atoms with Gasteiger partial charge in [0.15, 0.2) is 11.5 Å². The number of imide groups is 1. The first kappa shape index (κ1) is 13.5. The van der Waals surface area contributed by atoms with Gasteiger partial charge in [-0.1, -0.05) is 17.8 Å². The summed E-state index contributed by atoms with van der Waals surface area (Å²) in [6, 6.07) is 5.37. The van der Waals surface area contributed by atoms with Crippen LogP contribution >= 0.6 is 11.8 Å². The molecule has 1 N–H and O–H groups in total. The fourth-order valence-corrected chi connectivity index (χ4v) is 2.33. The van der Waals surface area contributed by atoms with E-state index in [-0.39, 0.29) is 11.1 Å². The molecule has 1 fully saturated rings. The van der Waals surface area contributed by atoms with E-state index >= 15 is 0 Å². The maximum absolute atomic E-state index is 11.6. The summed E-state index contributed by atoms with van der Waals surface area (Å²) in [5, 5.41) is 1.95. The number of hydrogen-bond donors (Lipinski definition) is 1. The van der Waals surface area contributed by atoms with Gasteiger partial charge in [-0.2, -0.15) is 0 Å². The van der Waals surface area contributed by atoms with Crippen molar-refractivity contribution in [2.24, 2.45) is 0 Å². The van der Waals surface area contributed by atoms with Gasteiger partial charge in [0.2, 0.25) is 0 Å². The molecule has 2 amide bonds. The Kier molecular flexibility index (Phi) is 4.11. The molecule has 1 aliphatic rings.